The molecule has 5 N–H and O–H groups in total. The highest BCUT2D eigenvalue weighted by Gasteiger charge is 2.24. The summed E-state index contributed by atoms with van der Waals surface area (Å²) in [5.41, 5.74) is 8.75. The minimum Gasteiger partial charge on any atom is -0.383 e. The number of amides is 1. The summed E-state index contributed by atoms with van der Waals surface area (Å²) in [6, 6.07) is -0.0545. The van der Waals surface area contributed by atoms with E-state index in [0.717, 1.165) is 42.0 Å². The van der Waals surface area contributed by atoms with Crippen LogP contribution < -0.4 is 21.7 Å². The largest absolute Gasteiger partial charge is 0.383 e. The molecule has 0 aromatic carbocycles. The molecule has 8 nitrogen and oxygen atoms in total. The molecule has 170 valence electrons. The lowest BCUT2D eigenvalue weighted by molar-refractivity contribution is -0.124. The molecule has 32 heavy (non-hydrogen) atoms. The number of carbonyl (C=O) groups excluding carboxylic acids is 1. The fraction of sp³-hybridized carbons (Fsp3) is 0.435. The van der Waals surface area contributed by atoms with Crippen LogP contribution in [0.1, 0.15) is 50.7 Å². The van der Waals surface area contributed by atoms with E-state index in [9.17, 15) is 9.18 Å². The Balaban J connectivity index is 1.45. The maximum atomic E-state index is 13.3. The molecule has 2 aliphatic heterocycles. The van der Waals surface area contributed by atoms with Crippen LogP contribution in [0.5, 0.6) is 0 Å². The molecular weight excluding hydrogens is 409 g/mol. The van der Waals surface area contributed by atoms with Crippen LogP contribution in [0.4, 0.5) is 10.2 Å². The van der Waals surface area contributed by atoms with Crippen LogP contribution in [0.3, 0.4) is 0 Å². The van der Waals surface area contributed by atoms with Gasteiger partial charge in [-0.25, -0.2) is 14.4 Å². The van der Waals surface area contributed by atoms with Crippen molar-refractivity contribution in [2.24, 2.45) is 5.92 Å². The van der Waals surface area contributed by atoms with Crippen LogP contribution in [0.25, 0.3) is 11.1 Å². The number of hydrogen-bond acceptors (Lipinski definition) is 6. The van der Waals surface area contributed by atoms with E-state index in [1.54, 1.807) is 12.4 Å². The van der Waals surface area contributed by atoms with Crippen LogP contribution in [0, 0.1) is 5.92 Å². The first-order chi connectivity index (χ1) is 15.4. The topological polar surface area (TPSA) is 109 Å². The summed E-state index contributed by atoms with van der Waals surface area (Å²) in [7, 11) is 0. The molecule has 2 unspecified atom stereocenters. The van der Waals surface area contributed by atoms with Gasteiger partial charge >= 0.3 is 0 Å². The third-order valence-corrected chi connectivity index (χ3v) is 5.99. The van der Waals surface area contributed by atoms with Crippen molar-refractivity contribution in [3.8, 4) is 0 Å². The minimum atomic E-state index is -0.303. The van der Waals surface area contributed by atoms with Crippen LogP contribution in [-0.2, 0) is 4.79 Å². The molecule has 1 fully saturated rings. The van der Waals surface area contributed by atoms with E-state index < -0.39 is 0 Å². The Labute approximate surface area is 186 Å². The Morgan fingerprint density at radius 3 is 3.09 bits per heavy atom. The molecule has 0 aliphatic carbocycles. The van der Waals surface area contributed by atoms with Gasteiger partial charge in [-0.1, -0.05) is 13.0 Å². The number of carbonyl (C=O) groups is 1. The minimum absolute atomic E-state index is 0.0778. The zero-order valence-electron chi connectivity index (χ0n) is 18.4. The number of hydrogen-bond donors (Lipinski definition) is 4. The van der Waals surface area contributed by atoms with Gasteiger partial charge in [0.1, 0.15) is 23.0 Å². The normalized spacial score (nSPS) is 22.0. The van der Waals surface area contributed by atoms with E-state index in [1.165, 1.54) is 12.2 Å². The van der Waals surface area contributed by atoms with Gasteiger partial charge in [0.15, 0.2) is 0 Å². The molecule has 1 saturated heterocycles. The first-order valence-electron chi connectivity index (χ1n) is 11.0. The van der Waals surface area contributed by atoms with Crippen LogP contribution in [-0.4, -0.2) is 39.4 Å². The van der Waals surface area contributed by atoms with Crippen molar-refractivity contribution >= 4 is 22.8 Å². The molecule has 3 atom stereocenters. The number of aromatic nitrogens is 3. The molecule has 4 rings (SSSR count). The highest BCUT2D eigenvalue weighted by atomic mass is 19.1. The predicted molar refractivity (Wildman–Crippen MR) is 123 cm³/mol. The number of fused-ring (bicyclic) bond motifs is 1. The summed E-state index contributed by atoms with van der Waals surface area (Å²) in [5, 5.41) is 9.38. The molecule has 4 heterocycles. The zero-order valence-corrected chi connectivity index (χ0v) is 18.4. The highest BCUT2D eigenvalue weighted by Crippen LogP contribution is 2.30. The lowest BCUT2D eigenvalue weighted by Gasteiger charge is -2.18. The lowest BCUT2D eigenvalue weighted by Crippen LogP contribution is -2.40. The number of nitrogens with zero attached hydrogens (tertiary/aromatic N) is 3. The van der Waals surface area contributed by atoms with Crippen molar-refractivity contribution in [3.05, 3.63) is 54.2 Å². The summed E-state index contributed by atoms with van der Waals surface area (Å²) >= 11 is 0. The molecule has 2 aromatic rings. The monoisotopic (exact) mass is 439 g/mol. The maximum absolute atomic E-state index is 13.3. The fourth-order valence-electron chi connectivity index (χ4n) is 4.12. The summed E-state index contributed by atoms with van der Waals surface area (Å²) in [4.78, 5) is 21.7. The molecule has 2 aliphatic rings. The summed E-state index contributed by atoms with van der Waals surface area (Å²) < 4.78 is 15.3. The van der Waals surface area contributed by atoms with Crippen molar-refractivity contribution in [1.82, 2.24) is 30.3 Å². The average molecular weight is 440 g/mol. The molecule has 2 aromatic heterocycles. The first-order valence-corrected chi connectivity index (χ1v) is 11.0. The Morgan fingerprint density at radius 2 is 2.34 bits per heavy atom. The predicted octanol–water partition coefficient (Wildman–Crippen LogP) is 2.62. The van der Waals surface area contributed by atoms with Gasteiger partial charge in [-0.3, -0.25) is 9.20 Å². The SMILES string of the molecule is C/C(=C\CC(C)C(=O)NC[C@H]1C=C(F)C=CN1)c1nc(C2CCCN2)n2ccnc(N)c12. The number of nitrogen functional groups attached to an aromatic ring is 1. The van der Waals surface area contributed by atoms with E-state index >= 15 is 0 Å². The number of imidazole rings is 1. The number of anilines is 1. The number of halogens is 1. The Bertz CT molecular complexity index is 1080. The van der Waals surface area contributed by atoms with Crippen molar-refractivity contribution in [1.29, 1.82) is 0 Å². The smallest absolute Gasteiger partial charge is 0.223 e. The van der Waals surface area contributed by atoms with Crippen LogP contribution in [0.2, 0.25) is 0 Å². The van der Waals surface area contributed by atoms with E-state index in [0.29, 0.717) is 18.8 Å². The van der Waals surface area contributed by atoms with Crippen molar-refractivity contribution < 1.29 is 9.18 Å². The Kier molecular flexibility index (Phi) is 6.55. The van der Waals surface area contributed by atoms with Crippen molar-refractivity contribution in [2.75, 3.05) is 18.8 Å². The van der Waals surface area contributed by atoms with Crippen LogP contribution in [0.15, 0.2) is 42.6 Å². The highest BCUT2D eigenvalue weighted by molar-refractivity contribution is 5.83. The molecular formula is C23H30FN7O. The summed E-state index contributed by atoms with van der Waals surface area (Å²) in [6.45, 7) is 5.16. The second-order valence-corrected chi connectivity index (χ2v) is 8.43. The molecule has 0 bridgehead atoms. The van der Waals surface area contributed by atoms with Gasteiger partial charge in [-0.05, 0) is 56.7 Å². The van der Waals surface area contributed by atoms with Gasteiger partial charge < -0.3 is 21.7 Å². The van der Waals surface area contributed by atoms with Gasteiger partial charge in [0.2, 0.25) is 5.91 Å². The van der Waals surface area contributed by atoms with Crippen LogP contribution >= 0.6 is 0 Å². The second kappa shape index (κ2) is 9.52. The molecule has 0 spiro atoms. The molecule has 9 heteroatoms. The van der Waals surface area contributed by atoms with Crippen molar-refractivity contribution in [2.45, 2.75) is 45.2 Å². The Morgan fingerprint density at radius 1 is 1.50 bits per heavy atom. The molecule has 0 saturated carbocycles. The number of nitrogens with two attached hydrogens (primary N) is 1. The lowest BCUT2D eigenvalue weighted by atomic mass is 10.0. The van der Waals surface area contributed by atoms with Gasteiger partial charge in [-0.15, -0.1) is 0 Å². The molecule has 1 amide bonds. The molecule has 0 radical (unpaired) electrons. The number of allylic oxidation sites excluding steroid dienone is 4. The van der Waals surface area contributed by atoms with E-state index in [-0.39, 0.29) is 29.7 Å². The van der Waals surface area contributed by atoms with E-state index in [4.69, 9.17) is 10.7 Å². The fourth-order valence-corrected chi connectivity index (χ4v) is 4.12. The van der Waals surface area contributed by atoms with Gasteiger partial charge in [0.05, 0.1) is 17.8 Å². The first kappa shape index (κ1) is 22.0. The quantitative estimate of drug-likeness (QED) is 0.528. The zero-order chi connectivity index (χ0) is 22.7. The third-order valence-electron chi connectivity index (χ3n) is 5.99. The van der Waals surface area contributed by atoms with Gasteiger partial charge in [0, 0.05) is 24.9 Å². The van der Waals surface area contributed by atoms with Crippen molar-refractivity contribution in [3.63, 3.8) is 0 Å². The number of dihydropyridines is 1. The number of rotatable bonds is 7. The number of nitrogens with one attached hydrogen (secondary N) is 3. The standard InChI is InChI=1S/C23H30FN7O/c1-14(5-6-15(2)23(32)29-13-17-12-16(24)7-9-26-17)19-20-21(25)28-10-11-31(20)22(30-19)18-4-3-8-27-18/h5,7,9-12,15,17-18,26-27H,3-4,6,8,13H2,1-2H3,(H2,25,28)(H,29,32)/b14-5+/t15?,17-,18?/m1/s1. The summed E-state index contributed by atoms with van der Waals surface area (Å²) in [6.07, 6.45) is 12.7. The van der Waals surface area contributed by atoms with E-state index in [1.807, 2.05) is 30.5 Å². The second-order valence-electron chi connectivity index (χ2n) is 8.43. The van der Waals surface area contributed by atoms with E-state index in [2.05, 4.69) is 20.9 Å². The average Bonchev–Trinajstić information content (AvgIpc) is 3.44. The van der Waals surface area contributed by atoms with Gasteiger partial charge in [-0.2, -0.15) is 0 Å². The third kappa shape index (κ3) is 4.67. The summed E-state index contributed by atoms with van der Waals surface area (Å²) in [5.74, 6) is 0.758. The maximum Gasteiger partial charge on any atom is 0.223 e. The van der Waals surface area contributed by atoms with Gasteiger partial charge in [0.25, 0.3) is 0 Å². The Hall–Kier alpha value is -3.20.